The number of hydrogen-bond donors (Lipinski definition) is 1. The molecule has 4 aromatic rings. The number of hydrogen-bond acceptors (Lipinski definition) is 8. The molecule has 1 N–H and O–H groups in total. The zero-order chi connectivity index (χ0) is 30.3. The summed E-state index contributed by atoms with van der Waals surface area (Å²) in [6.45, 7) is 0.244. The first-order chi connectivity index (χ1) is 21.3. The summed E-state index contributed by atoms with van der Waals surface area (Å²) in [6, 6.07) is 19.5. The molecule has 7 atom stereocenters. The second-order valence-electron chi connectivity index (χ2n) is 11.7. The lowest BCUT2D eigenvalue weighted by Crippen LogP contribution is -2.42. The van der Waals surface area contributed by atoms with E-state index in [0.717, 1.165) is 21.8 Å². The minimum absolute atomic E-state index is 0.0955. The number of nitrogens with one attached hydrogen (secondary N) is 1. The number of thiazole rings is 1. The highest BCUT2D eigenvalue weighted by Crippen LogP contribution is 2.69. The summed E-state index contributed by atoms with van der Waals surface area (Å²) in [5, 5.41) is 12.5. The average Bonchev–Trinajstić information content (AvgIpc) is 3.76. The molecule has 3 fully saturated rings. The molecule has 3 aromatic carbocycles. The molecule has 12 heteroatoms. The molecule has 222 valence electrons. The van der Waals surface area contributed by atoms with E-state index in [9.17, 15) is 28.9 Å². The molecule has 9 nitrogen and oxygen atoms in total. The van der Waals surface area contributed by atoms with Gasteiger partial charge in [-0.15, -0.1) is 11.8 Å². The zero-order valence-electron chi connectivity index (χ0n) is 22.9. The SMILES string of the molecule is O=C1C2C3CC(C2C(=O)N1c1ccc(F)cc1)C1C3Sc2[nH]c(=O)sc2[C@@H]1c1cc([N+](=O)[O-])ccc1OCc1ccccc1. The van der Waals surface area contributed by atoms with Crippen LogP contribution in [0.1, 0.15) is 28.3 Å². The Labute approximate surface area is 258 Å². The van der Waals surface area contributed by atoms with Crippen LogP contribution >= 0.6 is 23.1 Å². The van der Waals surface area contributed by atoms with Crippen molar-refractivity contribution in [3.8, 4) is 5.75 Å². The van der Waals surface area contributed by atoms with Crippen molar-refractivity contribution in [2.45, 2.75) is 29.2 Å². The number of non-ortho nitro benzene ring substituents is 1. The highest BCUT2D eigenvalue weighted by molar-refractivity contribution is 8.00. The van der Waals surface area contributed by atoms with Gasteiger partial charge in [0, 0.05) is 33.7 Å². The number of ether oxygens (including phenoxy) is 1. The third kappa shape index (κ3) is 4.07. The van der Waals surface area contributed by atoms with Gasteiger partial charge in [0.25, 0.3) is 5.69 Å². The molecule has 8 rings (SSSR count). The topological polar surface area (TPSA) is 123 Å². The van der Waals surface area contributed by atoms with E-state index in [4.69, 9.17) is 4.74 Å². The fourth-order valence-electron chi connectivity index (χ4n) is 7.97. The van der Waals surface area contributed by atoms with E-state index in [0.29, 0.717) is 28.4 Å². The summed E-state index contributed by atoms with van der Waals surface area (Å²) in [7, 11) is 0. The summed E-state index contributed by atoms with van der Waals surface area (Å²) in [5.41, 5.74) is 1.78. The maximum Gasteiger partial charge on any atom is 0.305 e. The summed E-state index contributed by atoms with van der Waals surface area (Å²) in [6.07, 6.45) is 0.664. The number of nitrogens with zero attached hydrogens (tertiary/aromatic N) is 2. The predicted octanol–water partition coefficient (Wildman–Crippen LogP) is 5.74. The minimum atomic E-state index is -0.563. The summed E-state index contributed by atoms with van der Waals surface area (Å²) >= 11 is 2.61. The zero-order valence-corrected chi connectivity index (χ0v) is 24.6. The molecule has 0 spiro atoms. The van der Waals surface area contributed by atoms with Crippen LogP contribution in [-0.4, -0.2) is 27.0 Å². The largest absolute Gasteiger partial charge is 0.489 e. The standard InChI is InChI=1S/C32H24FN3O6S2/c33-16-6-8-17(9-7-16)35-30(37)25-20-13-21(26(25)31(35)38)27-24(20)23(28-29(43-27)34-32(39)44-28)19-12-18(36(40)41)10-11-22(19)42-14-15-4-2-1-3-5-15/h1-12,20-21,23-27H,13-14H2,(H,34,39)/t20?,21?,23-,24?,25?,26?,27?/m1/s1. The van der Waals surface area contributed by atoms with Crippen LogP contribution < -0.4 is 14.5 Å². The number of aromatic amines is 1. The third-order valence-corrected chi connectivity index (χ3v) is 12.2. The van der Waals surface area contributed by atoms with Gasteiger partial charge >= 0.3 is 4.87 Å². The molecule has 44 heavy (non-hydrogen) atoms. The van der Waals surface area contributed by atoms with Crippen LogP contribution in [0, 0.1) is 45.5 Å². The Morgan fingerprint density at radius 1 is 0.977 bits per heavy atom. The average molecular weight is 630 g/mol. The maximum atomic E-state index is 13.9. The summed E-state index contributed by atoms with van der Waals surface area (Å²) in [5.74, 6) is -2.58. The van der Waals surface area contributed by atoms with Crippen molar-refractivity contribution in [3.05, 3.63) is 114 Å². The van der Waals surface area contributed by atoms with Gasteiger partial charge in [0.05, 0.1) is 27.5 Å². The highest BCUT2D eigenvalue weighted by atomic mass is 32.2. The molecule has 2 aliphatic carbocycles. The first kappa shape index (κ1) is 27.3. The first-order valence-corrected chi connectivity index (χ1v) is 16.0. The van der Waals surface area contributed by atoms with Gasteiger partial charge in [-0.1, -0.05) is 41.7 Å². The van der Waals surface area contributed by atoms with Crippen LogP contribution in [-0.2, 0) is 16.2 Å². The molecular formula is C32H24FN3O6S2. The van der Waals surface area contributed by atoms with Gasteiger partial charge in [-0.3, -0.25) is 29.4 Å². The molecule has 2 saturated carbocycles. The Morgan fingerprint density at radius 2 is 1.70 bits per heavy atom. The number of nitro groups is 1. The van der Waals surface area contributed by atoms with E-state index in [1.807, 2.05) is 30.3 Å². The van der Waals surface area contributed by atoms with Crippen molar-refractivity contribution < 1.29 is 23.6 Å². The number of amides is 2. The second-order valence-corrected chi connectivity index (χ2v) is 13.9. The van der Waals surface area contributed by atoms with Gasteiger partial charge in [-0.2, -0.15) is 0 Å². The highest BCUT2D eigenvalue weighted by Gasteiger charge is 2.70. The van der Waals surface area contributed by atoms with Crippen molar-refractivity contribution in [1.82, 2.24) is 4.98 Å². The second kappa shape index (κ2) is 10.1. The Hall–Kier alpha value is -4.29. The predicted molar refractivity (Wildman–Crippen MR) is 161 cm³/mol. The number of imide groups is 1. The van der Waals surface area contributed by atoms with Gasteiger partial charge < -0.3 is 9.72 Å². The van der Waals surface area contributed by atoms with E-state index in [-0.39, 0.29) is 52.0 Å². The van der Waals surface area contributed by atoms with Gasteiger partial charge in [0.1, 0.15) is 18.2 Å². The number of thioether (sulfide) groups is 1. The molecule has 2 bridgehead atoms. The Morgan fingerprint density at radius 3 is 2.43 bits per heavy atom. The van der Waals surface area contributed by atoms with Gasteiger partial charge in [-0.05, 0) is 60.1 Å². The van der Waals surface area contributed by atoms with Gasteiger partial charge in [0.2, 0.25) is 11.8 Å². The molecular weight excluding hydrogens is 605 g/mol. The molecule has 6 unspecified atom stereocenters. The summed E-state index contributed by atoms with van der Waals surface area (Å²) < 4.78 is 20.0. The van der Waals surface area contributed by atoms with E-state index in [1.165, 1.54) is 53.1 Å². The monoisotopic (exact) mass is 629 g/mol. The lowest BCUT2D eigenvalue weighted by Gasteiger charge is -2.43. The van der Waals surface area contributed by atoms with Crippen LogP contribution in [0.5, 0.6) is 5.75 Å². The fourth-order valence-corrected chi connectivity index (χ4v) is 10.8. The molecule has 1 aromatic heterocycles. The van der Waals surface area contributed by atoms with Gasteiger partial charge in [-0.25, -0.2) is 4.39 Å². The van der Waals surface area contributed by atoms with E-state index < -0.39 is 28.5 Å². The number of halogens is 1. The Kier molecular flexibility index (Phi) is 6.28. The molecule has 2 amide bonds. The van der Waals surface area contributed by atoms with Gasteiger partial charge in [0.15, 0.2) is 0 Å². The minimum Gasteiger partial charge on any atom is -0.489 e. The van der Waals surface area contributed by atoms with Crippen LogP contribution in [0.3, 0.4) is 0 Å². The summed E-state index contributed by atoms with van der Waals surface area (Å²) in [4.78, 5) is 56.6. The fraction of sp³-hybridized carbons (Fsp3) is 0.281. The lowest BCUT2D eigenvalue weighted by atomic mass is 9.68. The number of carbonyl (C=O) groups is 2. The van der Waals surface area contributed by atoms with Crippen LogP contribution in [0.25, 0.3) is 0 Å². The van der Waals surface area contributed by atoms with Crippen LogP contribution in [0.2, 0.25) is 0 Å². The van der Waals surface area contributed by atoms with Crippen molar-refractivity contribution in [3.63, 3.8) is 0 Å². The number of nitro benzene ring substituents is 1. The number of fused-ring (bicyclic) bond motifs is 9. The van der Waals surface area contributed by atoms with E-state index in [2.05, 4.69) is 4.98 Å². The van der Waals surface area contributed by atoms with Crippen LogP contribution in [0.15, 0.2) is 82.6 Å². The Balaban J connectivity index is 1.23. The third-order valence-electron chi connectivity index (χ3n) is 9.59. The molecule has 0 radical (unpaired) electrons. The van der Waals surface area contributed by atoms with Crippen LogP contribution in [0.4, 0.5) is 15.8 Å². The van der Waals surface area contributed by atoms with Crippen molar-refractivity contribution in [2.75, 3.05) is 4.90 Å². The maximum absolute atomic E-state index is 13.9. The quantitative estimate of drug-likeness (QED) is 0.164. The number of carbonyl (C=O) groups excluding carboxylic acids is 2. The molecule has 4 aliphatic rings. The number of aromatic nitrogens is 1. The first-order valence-electron chi connectivity index (χ1n) is 14.3. The lowest BCUT2D eigenvalue weighted by molar-refractivity contribution is -0.385. The number of benzene rings is 3. The van der Waals surface area contributed by atoms with E-state index >= 15 is 0 Å². The normalized spacial score (nSPS) is 28.1. The van der Waals surface area contributed by atoms with Crippen molar-refractivity contribution in [2.24, 2.45) is 29.6 Å². The molecule has 2 aliphatic heterocycles. The molecule has 3 heterocycles. The smallest absolute Gasteiger partial charge is 0.305 e. The number of rotatable bonds is 6. The van der Waals surface area contributed by atoms with Crippen molar-refractivity contribution >= 4 is 46.3 Å². The Bertz CT molecular complexity index is 1890. The molecule has 1 saturated heterocycles. The van der Waals surface area contributed by atoms with E-state index in [1.54, 1.807) is 6.07 Å². The van der Waals surface area contributed by atoms with Crippen molar-refractivity contribution in [1.29, 1.82) is 0 Å². The number of H-pyrrole nitrogens is 1. The number of anilines is 1.